The fraction of sp³-hybridized carbons (Fsp3) is 0.176. The molecule has 2 aromatic rings. The summed E-state index contributed by atoms with van der Waals surface area (Å²) in [6.45, 7) is 1.96. The first-order valence-corrected chi connectivity index (χ1v) is 7.38. The predicted molar refractivity (Wildman–Crippen MR) is 87.2 cm³/mol. The summed E-state index contributed by atoms with van der Waals surface area (Å²) in [6, 6.07) is 13.9. The van der Waals surface area contributed by atoms with Crippen LogP contribution in [0.1, 0.15) is 12.0 Å². The maximum absolute atomic E-state index is 12.5. The number of imide groups is 1. The molecule has 5 heteroatoms. The van der Waals surface area contributed by atoms with Crippen LogP contribution in [0.3, 0.4) is 0 Å². The van der Waals surface area contributed by atoms with Gasteiger partial charge in [-0.2, -0.15) is 0 Å². The summed E-state index contributed by atoms with van der Waals surface area (Å²) >= 11 is 5.93. The third-order valence-electron chi connectivity index (χ3n) is 3.60. The molecular formula is C17H15ClN2O2. The molecule has 1 heterocycles. The van der Waals surface area contributed by atoms with Crippen LogP contribution in [0.2, 0.25) is 5.02 Å². The number of hydrogen-bond acceptors (Lipinski definition) is 3. The summed E-state index contributed by atoms with van der Waals surface area (Å²) in [5, 5.41) is 3.66. The van der Waals surface area contributed by atoms with Crippen LogP contribution in [0.4, 0.5) is 11.4 Å². The van der Waals surface area contributed by atoms with Gasteiger partial charge in [-0.1, -0.05) is 35.4 Å². The van der Waals surface area contributed by atoms with Crippen molar-refractivity contribution >= 4 is 34.8 Å². The summed E-state index contributed by atoms with van der Waals surface area (Å²) in [6.07, 6.45) is 0.138. The fourth-order valence-corrected chi connectivity index (χ4v) is 2.68. The number of aryl methyl sites for hydroxylation is 1. The van der Waals surface area contributed by atoms with E-state index in [0.717, 1.165) is 11.3 Å². The number of amides is 2. The average molecular weight is 315 g/mol. The normalized spacial score (nSPS) is 17.9. The lowest BCUT2D eigenvalue weighted by molar-refractivity contribution is -0.121. The molecule has 0 spiro atoms. The van der Waals surface area contributed by atoms with Gasteiger partial charge in [-0.15, -0.1) is 0 Å². The molecule has 1 unspecified atom stereocenters. The molecule has 0 aromatic heterocycles. The number of halogens is 1. The van der Waals surface area contributed by atoms with Gasteiger partial charge in [0.15, 0.2) is 0 Å². The summed E-state index contributed by atoms with van der Waals surface area (Å²) in [7, 11) is 0. The standard InChI is InChI=1S/C17H15ClN2O2/c1-11-5-7-14(8-6-11)20-16(21)10-15(17(20)22)19-13-4-2-3-12(18)9-13/h2-9,15,19H,10H2,1H3. The Labute approximate surface area is 133 Å². The van der Waals surface area contributed by atoms with Crippen molar-refractivity contribution in [3.63, 3.8) is 0 Å². The highest BCUT2D eigenvalue weighted by Gasteiger charge is 2.39. The van der Waals surface area contributed by atoms with Crippen LogP contribution in [0.15, 0.2) is 48.5 Å². The SMILES string of the molecule is Cc1ccc(N2C(=O)CC(Nc3cccc(Cl)c3)C2=O)cc1. The van der Waals surface area contributed by atoms with Gasteiger partial charge in [-0.3, -0.25) is 9.59 Å². The van der Waals surface area contributed by atoms with Crippen LogP contribution in [-0.2, 0) is 9.59 Å². The Morgan fingerprint density at radius 3 is 2.55 bits per heavy atom. The molecule has 22 heavy (non-hydrogen) atoms. The summed E-state index contributed by atoms with van der Waals surface area (Å²) in [4.78, 5) is 25.9. The van der Waals surface area contributed by atoms with E-state index in [4.69, 9.17) is 11.6 Å². The largest absolute Gasteiger partial charge is 0.373 e. The van der Waals surface area contributed by atoms with Gasteiger partial charge in [-0.05, 0) is 37.3 Å². The lowest BCUT2D eigenvalue weighted by Gasteiger charge is -2.16. The molecule has 0 bridgehead atoms. The van der Waals surface area contributed by atoms with Crippen molar-refractivity contribution < 1.29 is 9.59 Å². The zero-order valence-corrected chi connectivity index (χ0v) is 12.8. The molecule has 0 radical (unpaired) electrons. The Morgan fingerprint density at radius 1 is 1.14 bits per heavy atom. The number of anilines is 2. The van der Waals surface area contributed by atoms with Crippen LogP contribution < -0.4 is 10.2 Å². The third-order valence-corrected chi connectivity index (χ3v) is 3.84. The first kappa shape index (κ1) is 14.6. The summed E-state index contributed by atoms with van der Waals surface area (Å²) in [5.41, 5.74) is 2.41. The van der Waals surface area contributed by atoms with Crippen LogP contribution >= 0.6 is 11.6 Å². The minimum absolute atomic E-state index is 0.138. The maximum Gasteiger partial charge on any atom is 0.256 e. The van der Waals surface area contributed by atoms with Crippen LogP contribution in [-0.4, -0.2) is 17.9 Å². The molecule has 1 N–H and O–H groups in total. The van der Waals surface area contributed by atoms with Crippen LogP contribution in [0.25, 0.3) is 0 Å². The minimum Gasteiger partial charge on any atom is -0.373 e. The highest BCUT2D eigenvalue weighted by molar-refractivity contribution is 6.30. The van der Waals surface area contributed by atoms with Gasteiger partial charge in [0.05, 0.1) is 12.1 Å². The second-order valence-electron chi connectivity index (χ2n) is 5.31. The second-order valence-corrected chi connectivity index (χ2v) is 5.75. The van der Waals surface area contributed by atoms with Crippen LogP contribution in [0, 0.1) is 6.92 Å². The van der Waals surface area contributed by atoms with Crippen molar-refractivity contribution in [3.8, 4) is 0 Å². The van der Waals surface area contributed by atoms with E-state index < -0.39 is 6.04 Å². The zero-order valence-electron chi connectivity index (χ0n) is 12.0. The molecule has 0 saturated carbocycles. The van der Waals surface area contributed by atoms with Gasteiger partial charge < -0.3 is 5.32 Å². The molecule has 1 fully saturated rings. The molecule has 1 atom stereocenters. The van der Waals surface area contributed by atoms with E-state index in [-0.39, 0.29) is 18.2 Å². The topological polar surface area (TPSA) is 49.4 Å². The Balaban J connectivity index is 1.81. The Bertz CT molecular complexity index is 728. The number of hydrogen-bond donors (Lipinski definition) is 1. The van der Waals surface area contributed by atoms with Gasteiger partial charge >= 0.3 is 0 Å². The second kappa shape index (κ2) is 5.81. The van der Waals surface area contributed by atoms with Crippen molar-refractivity contribution in [2.24, 2.45) is 0 Å². The van der Waals surface area contributed by atoms with Crippen LogP contribution in [0.5, 0.6) is 0 Å². The summed E-state index contributed by atoms with van der Waals surface area (Å²) in [5.74, 6) is -0.442. The van der Waals surface area contributed by atoms with Gasteiger partial charge in [-0.25, -0.2) is 4.90 Å². The molecule has 4 nitrogen and oxygen atoms in total. The monoisotopic (exact) mass is 314 g/mol. The number of carbonyl (C=O) groups is 2. The fourth-order valence-electron chi connectivity index (χ4n) is 2.49. The maximum atomic E-state index is 12.5. The molecule has 1 saturated heterocycles. The smallest absolute Gasteiger partial charge is 0.256 e. The number of carbonyl (C=O) groups excluding carboxylic acids is 2. The minimum atomic E-state index is -0.563. The summed E-state index contributed by atoms with van der Waals surface area (Å²) < 4.78 is 0. The zero-order chi connectivity index (χ0) is 15.7. The molecule has 112 valence electrons. The number of rotatable bonds is 3. The molecule has 2 aromatic carbocycles. The van der Waals surface area contributed by atoms with Crippen molar-refractivity contribution in [2.75, 3.05) is 10.2 Å². The first-order chi connectivity index (χ1) is 10.5. The van der Waals surface area contributed by atoms with Crippen molar-refractivity contribution in [3.05, 3.63) is 59.1 Å². The van der Waals surface area contributed by atoms with E-state index >= 15 is 0 Å². The van der Waals surface area contributed by atoms with Gasteiger partial charge in [0.25, 0.3) is 5.91 Å². The van der Waals surface area contributed by atoms with E-state index in [1.807, 2.05) is 25.1 Å². The third kappa shape index (κ3) is 2.83. The molecule has 2 amide bonds. The van der Waals surface area contributed by atoms with E-state index in [9.17, 15) is 9.59 Å². The molecule has 0 aliphatic carbocycles. The predicted octanol–water partition coefficient (Wildman–Crippen LogP) is 3.39. The lowest BCUT2D eigenvalue weighted by atomic mass is 10.2. The quantitative estimate of drug-likeness (QED) is 0.883. The number of nitrogens with zero attached hydrogens (tertiary/aromatic N) is 1. The van der Waals surface area contributed by atoms with E-state index in [0.29, 0.717) is 10.7 Å². The highest BCUT2D eigenvalue weighted by Crippen LogP contribution is 2.26. The lowest BCUT2D eigenvalue weighted by Crippen LogP contribution is -2.34. The van der Waals surface area contributed by atoms with E-state index in [2.05, 4.69) is 5.32 Å². The molecule has 1 aliphatic heterocycles. The Kier molecular flexibility index (Phi) is 3.86. The molecule has 3 rings (SSSR count). The van der Waals surface area contributed by atoms with Crippen molar-refractivity contribution in [1.82, 2.24) is 0 Å². The Morgan fingerprint density at radius 2 is 1.86 bits per heavy atom. The Hall–Kier alpha value is -2.33. The van der Waals surface area contributed by atoms with Crippen molar-refractivity contribution in [2.45, 2.75) is 19.4 Å². The highest BCUT2D eigenvalue weighted by atomic mass is 35.5. The van der Waals surface area contributed by atoms with E-state index in [1.54, 1.807) is 30.3 Å². The first-order valence-electron chi connectivity index (χ1n) is 7.00. The molecule has 1 aliphatic rings. The van der Waals surface area contributed by atoms with Gasteiger partial charge in [0.2, 0.25) is 5.91 Å². The number of benzene rings is 2. The average Bonchev–Trinajstić information content (AvgIpc) is 2.75. The molecular weight excluding hydrogens is 300 g/mol. The number of nitrogens with one attached hydrogen (secondary N) is 1. The van der Waals surface area contributed by atoms with Gasteiger partial charge in [0, 0.05) is 10.7 Å². The van der Waals surface area contributed by atoms with Gasteiger partial charge in [0.1, 0.15) is 6.04 Å². The van der Waals surface area contributed by atoms with Crippen molar-refractivity contribution in [1.29, 1.82) is 0 Å². The van der Waals surface area contributed by atoms with E-state index in [1.165, 1.54) is 4.90 Å².